The second-order valence-corrected chi connectivity index (χ2v) is 7.81. The number of imidazole rings is 1. The van der Waals surface area contributed by atoms with Crippen LogP contribution in [0.3, 0.4) is 0 Å². The number of hydrogen-bond acceptors (Lipinski definition) is 5. The van der Waals surface area contributed by atoms with Gasteiger partial charge < -0.3 is 0 Å². The highest BCUT2D eigenvalue weighted by molar-refractivity contribution is 7.91. The van der Waals surface area contributed by atoms with Crippen LogP contribution in [0.15, 0.2) is 35.5 Å². The molecular formula is C16H15F3N4O2S. The molecule has 0 bridgehead atoms. The van der Waals surface area contributed by atoms with Crippen molar-refractivity contribution >= 4 is 21.0 Å². The first-order chi connectivity index (χ1) is 12.2. The molecule has 10 heteroatoms. The Morgan fingerprint density at radius 1 is 1.15 bits per heavy atom. The van der Waals surface area contributed by atoms with Gasteiger partial charge in [0.2, 0.25) is 5.82 Å². The normalized spacial score (nSPS) is 12.7. The quantitative estimate of drug-likeness (QED) is 0.690. The molecule has 0 N–H and O–H groups in total. The van der Waals surface area contributed by atoms with Gasteiger partial charge in [-0.05, 0) is 24.6 Å². The molecule has 0 atom stereocenters. The fraction of sp³-hybridized carbons (Fsp3) is 0.312. The summed E-state index contributed by atoms with van der Waals surface area (Å²) >= 11 is 0. The summed E-state index contributed by atoms with van der Waals surface area (Å²) in [5, 5.41) is 0. The number of aryl methyl sites for hydroxylation is 1. The van der Waals surface area contributed by atoms with Crippen LogP contribution in [0.25, 0.3) is 16.9 Å². The van der Waals surface area contributed by atoms with E-state index < -0.39 is 21.8 Å². The monoisotopic (exact) mass is 384 g/mol. The Bertz CT molecular complexity index is 1070. The number of hydrogen-bond donors (Lipinski definition) is 0. The van der Waals surface area contributed by atoms with Crippen molar-refractivity contribution in [3.63, 3.8) is 0 Å². The largest absolute Gasteiger partial charge is 0.451 e. The number of fused-ring (bicyclic) bond motifs is 1. The SMILES string of the molecule is CCc1nc(C(F)(F)F)nc2c1ncn2-c1cccc(S(=O)(=O)CC)c1. The van der Waals surface area contributed by atoms with Gasteiger partial charge in [0.05, 0.1) is 16.3 Å². The molecule has 0 aliphatic rings. The van der Waals surface area contributed by atoms with Crippen LogP contribution >= 0.6 is 0 Å². The first-order valence-corrected chi connectivity index (χ1v) is 9.47. The van der Waals surface area contributed by atoms with Crippen LogP contribution < -0.4 is 0 Å². The van der Waals surface area contributed by atoms with Crippen LogP contribution in [-0.4, -0.2) is 33.7 Å². The van der Waals surface area contributed by atoms with E-state index in [0.29, 0.717) is 5.69 Å². The molecule has 2 aromatic heterocycles. The van der Waals surface area contributed by atoms with Crippen molar-refractivity contribution in [3.05, 3.63) is 42.1 Å². The van der Waals surface area contributed by atoms with E-state index in [4.69, 9.17) is 0 Å². The van der Waals surface area contributed by atoms with E-state index in [1.54, 1.807) is 13.0 Å². The maximum absolute atomic E-state index is 13.1. The Morgan fingerprint density at radius 2 is 1.88 bits per heavy atom. The number of rotatable bonds is 4. The predicted octanol–water partition coefficient (Wildman–Crippen LogP) is 3.19. The van der Waals surface area contributed by atoms with Gasteiger partial charge in [0.1, 0.15) is 11.8 Å². The topological polar surface area (TPSA) is 77.7 Å². The Kier molecular flexibility index (Phi) is 4.47. The molecule has 0 aliphatic carbocycles. The second kappa shape index (κ2) is 6.35. The molecule has 0 saturated carbocycles. The zero-order chi connectivity index (χ0) is 19.1. The van der Waals surface area contributed by atoms with Gasteiger partial charge in [-0.1, -0.05) is 19.9 Å². The van der Waals surface area contributed by atoms with Crippen LogP contribution in [0, 0.1) is 0 Å². The first-order valence-electron chi connectivity index (χ1n) is 7.81. The molecule has 3 aromatic rings. The van der Waals surface area contributed by atoms with Crippen LogP contribution in [0.1, 0.15) is 25.4 Å². The lowest BCUT2D eigenvalue weighted by Gasteiger charge is -2.10. The minimum Gasteiger partial charge on any atom is -0.283 e. The molecular weight excluding hydrogens is 369 g/mol. The van der Waals surface area contributed by atoms with Crippen molar-refractivity contribution in [3.8, 4) is 5.69 Å². The minimum absolute atomic E-state index is 0.0183. The van der Waals surface area contributed by atoms with Crippen LogP contribution in [0.5, 0.6) is 0 Å². The number of benzene rings is 1. The molecule has 0 fully saturated rings. The van der Waals surface area contributed by atoms with Gasteiger partial charge in [0, 0.05) is 5.69 Å². The summed E-state index contributed by atoms with van der Waals surface area (Å²) in [6.45, 7) is 3.19. The molecule has 0 unspecified atom stereocenters. The maximum atomic E-state index is 13.1. The molecule has 1 aromatic carbocycles. The highest BCUT2D eigenvalue weighted by Gasteiger charge is 2.36. The molecule has 6 nitrogen and oxygen atoms in total. The van der Waals surface area contributed by atoms with Crippen molar-refractivity contribution in [2.24, 2.45) is 0 Å². The fourth-order valence-electron chi connectivity index (χ4n) is 2.51. The third-order valence-electron chi connectivity index (χ3n) is 3.89. The van der Waals surface area contributed by atoms with Crippen molar-refractivity contribution in [2.45, 2.75) is 31.3 Å². The van der Waals surface area contributed by atoms with Crippen molar-refractivity contribution in [1.29, 1.82) is 0 Å². The lowest BCUT2D eigenvalue weighted by Crippen LogP contribution is -2.13. The van der Waals surface area contributed by atoms with Gasteiger partial charge in [-0.2, -0.15) is 13.2 Å². The third kappa shape index (κ3) is 3.16. The molecule has 3 rings (SSSR count). The number of nitrogens with zero attached hydrogens (tertiary/aromatic N) is 4. The number of aromatic nitrogens is 4. The summed E-state index contributed by atoms with van der Waals surface area (Å²) in [6, 6.07) is 5.93. The zero-order valence-electron chi connectivity index (χ0n) is 13.9. The van der Waals surface area contributed by atoms with Crippen molar-refractivity contribution < 1.29 is 21.6 Å². The number of sulfone groups is 1. The Hall–Kier alpha value is -2.49. The maximum Gasteiger partial charge on any atom is 0.451 e. The van der Waals surface area contributed by atoms with E-state index in [9.17, 15) is 21.6 Å². The lowest BCUT2D eigenvalue weighted by molar-refractivity contribution is -0.144. The molecule has 0 radical (unpaired) electrons. The Labute approximate surface area is 147 Å². The average Bonchev–Trinajstić information content (AvgIpc) is 3.04. The highest BCUT2D eigenvalue weighted by Crippen LogP contribution is 2.29. The van der Waals surface area contributed by atoms with E-state index in [-0.39, 0.29) is 33.9 Å². The molecule has 0 aliphatic heterocycles. The second-order valence-electron chi connectivity index (χ2n) is 5.53. The minimum atomic E-state index is -4.69. The van der Waals surface area contributed by atoms with Crippen LogP contribution in [0.4, 0.5) is 13.2 Å². The molecule has 0 spiro atoms. The van der Waals surface area contributed by atoms with Gasteiger partial charge >= 0.3 is 6.18 Å². The third-order valence-corrected chi connectivity index (χ3v) is 5.62. The van der Waals surface area contributed by atoms with E-state index in [1.165, 1.54) is 36.0 Å². The molecule has 0 saturated heterocycles. The van der Waals surface area contributed by atoms with E-state index >= 15 is 0 Å². The van der Waals surface area contributed by atoms with E-state index in [2.05, 4.69) is 15.0 Å². The van der Waals surface area contributed by atoms with Crippen LogP contribution in [-0.2, 0) is 22.4 Å². The molecule has 0 amide bonds. The molecule has 26 heavy (non-hydrogen) atoms. The first kappa shape index (κ1) is 18.3. The summed E-state index contributed by atoms with van der Waals surface area (Å²) in [5.74, 6) is -1.33. The van der Waals surface area contributed by atoms with Gasteiger partial charge in [0.25, 0.3) is 0 Å². The predicted molar refractivity (Wildman–Crippen MR) is 88.8 cm³/mol. The Balaban J connectivity index is 2.25. The van der Waals surface area contributed by atoms with Crippen molar-refractivity contribution in [2.75, 3.05) is 5.75 Å². The lowest BCUT2D eigenvalue weighted by atomic mass is 10.2. The van der Waals surface area contributed by atoms with Gasteiger partial charge in [-0.3, -0.25) is 4.57 Å². The number of alkyl halides is 3. The summed E-state index contributed by atoms with van der Waals surface area (Å²) in [7, 11) is -3.46. The van der Waals surface area contributed by atoms with Gasteiger partial charge in [-0.15, -0.1) is 0 Å². The highest BCUT2D eigenvalue weighted by atomic mass is 32.2. The molecule has 2 heterocycles. The van der Waals surface area contributed by atoms with E-state index in [1.807, 2.05) is 0 Å². The average molecular weight is 384 g/mol. The Morgan fingerprint density at radius 3 is 2.50 bits per heavy atom. The number of halogens is 3. The van der Waals surface area contributed by atoms with E-state index in [0.717, 1.165) is 0 Å². The summed E-state index contributed by atoms with van der Waals surface area (Å²) in [4.78, 5) is 11.4. The zero-order valence-corrected chi connectivity index (χ0v) is 14.8. The fourth-order valence-corrected chi connectivity index (χ4v) is 3.43. The summed E-state index contributed by atoms with van der Waals surface area (Å²) in [5.41, 5.74) is 0.772. The summed E-state index contributed by atoms with van der Waals surface area (Å²) < 4.78 is 64.8. The van der Waals surface area contributed by atoms with Crippen LogP contribution in [0.2, 0.25) is 0 Å². The standard InChI is InChI=1S/C16H15F3N4O2S/c1-3-12-13-14(22-15(21-12)16(17,18)19)23(9-20-13)10-6-5-7-11(8-10)26(24,25)4-2/h5-9H,3-4H2,1-2H3. The van der Waals surface area contributed by atoms with Gasteiger partial charge in [-0.25, -0.2) is 23.4 Å². The van der Waals surface area contributed by atoms with Gasteiger partial charge in [0.15, 0.2) is 15.5 Å². The molecule has 138 valence electrons. The summed E-state index contributed by atoms with van der Waals surface area (Å²) in [6.07, 6.45) is -3.12. The smallest absolute Gasteiger partial charge is 0.283 e. The van der Waals surface area contributed by atoms with Crippen molar-refractivity contribution in [1.82, 2.24) is 19.5 Å².